The molecule has 0 spiro atoms. The zero-order valence-electron chi connectivity index (χ0n) is 6.99. The number of nitrogens with two attached hydrogens (primary N) is 1. The zero-order chi connectivity index (χ0) is 9.84. The van der Waals surface area contributed by atoms with Crippen LogP contribution in [-0.4, -0.2) is 21.9 Å². The highest BCUT2D eigenvalue weighted by molar-refractivity contribution is 6.28. The summed E-state index contributed by atoms with van der Waals surface area (Å²) in [5.74, 6) is 0.0390. The Morgan fingerprint density at radius 1 is 1.77 bits per heavy atom. The molecule has 1 heterocycles. The molecule has 0 aliphatic rings. The maximum atomic E-state index is 11.1. The molecule has 0 saturated carbocycles. The molecular formula is C7H9ClN4O. The predicted molar refractivity (Wildman–Crippen MR) is 49.3 cm³/mol. The predicted octanol–water partition coefficient (Wildman–Crippen LogP) is 0.416. The Labute approximate surface area is 80.3 Å². The van der Waals surface area contributed by atoms with E-state index in [1.165, 1.54) is 12.3 Å². The van der Waals surface area contributed by atoms with Crippen LogP contribution in [0.2, 0.25) is 5.28 Å². The standard InChI is InChI=1S/C7H9ClN4O/c1-4(9)6(13)11-5-2-3-10-7(8)12-5/h2-4H,9H2,1H3,(H,10,11,12,13)/t4-/m1/s1. The summed E-state index contributed by atoms with van der Waals surface area (Å²) in [6.45, 7) is 1.58. The molecule has 1 aromatic rings. The lowest BCUT2D eigenvalue weighted by Gasteiger charge is -2.05. The van der Waals surface area contributed by atoms with E-state index >= 15 is 0 Å². The average Bonchev–Trinajstić information content (AvgIpc) is 2.04. The SMILES string of the molecule is C[C@@H](N)C(=O)Nc1ccnc(Cl)n1. The van der Waals surface area contributed by atoms with Gasteiger partial charge in [0.2, 0.25) is 11.2 Å². The van der Waals surface area contributed by atoms with Gasteiger partial charge in [0.05, 0.1) is 6.04 Å². The van der Waals surface area contributed by atoms with Crippen molar-refractivity contribution in [3.05, 3.63) is 17.5 Å². The largest absolute Gasteiger partial charge is 0.320 e. The Morgan fingerprint density at radius 2 is 2.46 bits per heavy atom. The topological polar surface area (TPSA) is 80.9 Å². The molecular weight excluding hydrogens is 192 g/mol. The van der Waals surface area contributed by atoms with Crippen LogP contribution in [0.4, 0.5) is 5.82 Å². The van der Waals surface area contributed by atoms with Gasteiger partial charge in [0.15, 0.2) is 0 Å². The number of rotatable bonds is 2. The first-order chi connectivity index (χ1) is 6.09. The summed E-state index contributed by atoms with van der Waals surface area (Å²) in [6, 6.07) is 0.959. The Kier molecular flexibility index (Phi) is 3.16. The molecule has 0 aliphatic heterocycles. The molecule has 0 unspecified atom stereocenters. The van der Waals surface area contributed by atoms with Crippen LogP contribution < -0.4 is 11.1 Å². The number of nitrogens with zero attached hydrogens (tertiary/aromatic N) is 2. The molecule has 1 rings (SSSR count). The van der Waals surface area contributed by atoms with Gasteiger partial charge in [-0.05, 0) is 24.6 Å². The molecule has 13 heavy (non-hydrogen) atoms. The fourth-order valence-electron chi connectivity index (χ4n) is 0.645. The van der Waals surface area contributed by atoms with Crippen LogP contribution in [0.5, 0.6) is 0 Å². The van der Waals surface area contributed by atoms with E-state index in [0.717, 1.165) is 0 Å². The summed E-state index contributed by atoms with van der Waals surface area (Å²) in [7, 11) is 0. The maximum Gasteiger partial charge on any atom is 0.242 e. The highest BCUT2D eigenvalue weighted by Crippen LogP contribution is 2.05. The number of hydrogen-bond donors (Lipinski definition) is 2. The number of halogens is 1. The fourth-order valence-corrected chi connectivity index (χ4v) is 0.792. The number of carbonyl (C=O) groups is 1. The number of carbonyl (C=O) groups excluding carboxylic acids is 1. The number of aromatic nitrogens is 2. The fraction of sp³-hybridized carbons (Fsp3) is 0.286. The molecule has 3 N–H and O–H groups in total. The van der Waals surface area contributed by atoms with Gasteiger partial charge in [-0.2, -0.15) is 0 Å². The van der Waals surface area contributed by atoms with Gasteiger partial charge < -0.3 is 11.1 Å². The van der Waals surface area contributed by atoms with Gasteiger partial charge in [-0.25, -0.2) is 9.97 Å². The average molecular weight is 201 g/mol. The summed E-state index contributed by atoms with van der Waals surface area (Å²) in [5, 5.41) is 2.57. The molecule has 0 aliphatic carbocycles. The lowest BCUT2D eigenvalue weighted by atomic mass is 10.3. The van der Waals surface area contributed by atoms with Gasteiger partial charge in [0.25, 0.3) is 0 Å². The van der Waals surface area contributed by atoms with Crippen LogP contribution >= 0.6 is 11.6 Å². The second-order valence-corrected chi connectivity index (χ2v) is 2.83. The summed E-state index contributed by atoms with van der Waals surface area (Å²) in [6.07, 6.45) is 1.45. The van der Waals surface area contributed by atoms with Crippen molar-refractivity contribution < 1.29 is 4.79 Å². The lowest BCUT2D eigenvalue weighted by Crippen LogP contribution is -2.32. The number of nitrogens with one attached hydrogen (secondary N) is 1. The van der Waals surface area contributed by atoms with E-state index < -0.39 is 6.04 Å². The zero-order valence-corrected chi connectivity index (χ0v) is 7.75. The normalized spacial score (nSPS) is 12.2. The summed E-state index contributed by atoms with van der Waals surface area (Å²) < 4.78 is 0. The molecule has 1 amide bonds. The Bertz CT molecular complexity index is 315. The van der Waals surface area contributed by atoms with E-state index in [-0.39, 0.29) is 11.2 Å². The highest BCUT2D eigenvalue weighted by atomic mass is 35.5. The van der Waals surface area contributed by atoms with Crippen LogP contribution in [0.3, 0.4) is 0 Å². The third-order valence-corrected chi connectivity index (χ3v) is 1.47. The molecule has 5 nitrogen and oxygen atoms in total. The van der Waals surface area contributed by atoms with E-state index in [4.69, 9.17) is 17.3 Å². The summed E-state index contributed by atoms with van der Waals surface area (Å²) >= 11 is 5.50. The monoisotopic (exact) mass is 200 g/mol. The quantitative estimate of drug-likeness (QED) is 0.678. The lowest BCUT2D eigenvalue weighted by molar-refractivity contribution is -0.117. The van der Waals surface area contributed by atoms with Gasteiger partial charge in [-0.1, -0.05) is 0 Å². The van der Waals surface area contributed by atoms with Crippen molar-refractivity contribution in [1.29, 1.82) is 0 Å². The van der Waals surface area contributed by atoms with E-state index in [1.807, 2.05) is 0 Å². The summed E-state index contributed by atoms with van der Waals surface area (Å²) in [4.78, 5) is 18.5. The summed E-state index contributed by atoms with van der Waals surface area (Å²) in [5.41, 5.74) is 5.33. The van der Waals surface area contributed by atoms with Crippen molar-refractivity contribution in [2.45, 2.75) is 13.0 Å². The highest BCUT2D eigenvalue weighted by Gasteiger charge is 2.07. The van der Waals surface area contributed by atoms with Crippen molar-refractivity contribution in [1.82, 2.24) is 9.97 Å². The van der Waals surface area contributed by atoms with Gasteiger partial charge in [-0.3, -0.25) is 4.79 Å². The minimum Gasteiger partial charge on any atom is -0.320 e. The molecule has 0 bridgehead atoms. The third-order valence-electron chi connectivity index (χ3n) is 1.29. The molecule has 0 fully saturated rings. The first-order valence-electron chi connectivity index (χ1n) is 3.64. The minimum atomic E-state index is -0.575. The molecule has 0 saturated heterocycles. The smallest absolute Gasteiger partial charge is 0.242 e. The number of hydrogen-bond acceptors (Lipinski definition) is 4. The third kappa shape index (κ3) is 2.96. The number of amides is 1. The Balaban J connectivity index is 2.69. The molecule has 70 valence electrons. The van der Waals surface area contributed by atoms with Crippen molar-refractivity contribution in [3.8, 4) is 0 Å². The number of anilines is 1. The first kappa shape index (κ1) is 9.88. The van der Waals surface area contributed by atoms with Gasteiger partial charge in [0, 0.05) is 6.20 Å². The van der Waals surface area contributed by atoms with Crippen molar-refractivity contribution >= 4 is 23.3 Å². The molecule has 0 radical (unpaired) electrons. The van der Waals surface area contributed by atoms with Crippen LogP contribution in [0.15, 0.2) is 12.3 Å². The first-order valence-corrected chi connectivity index (χ1v) is 4.02. The van der Waals surface area contributed by atoms with Crippen LogP contribution in [0, 0.1) is 0 Å². The van der Waals surface area contributed by atoms with E-state index in [0.29, 0.717) is 5.82 Å². The molecule has 1 atom stereocenters. The van der Waals surface area contributed by atoms with Crippen molar-refractivity contribution in [2.24, 2.45) is 5.73 Å². The molecule has 0 aromatic carbocycles. The van der Waals surface area contributed by atoms with Crippen LogP contribution in [-0.2, 0) is 4.79 Å². The van der Waals surface area contributed by atoms with Gasteiger partial charge in [-0.15, -0.1) is 0 Å². The van der Waals surface area contributed by atoms with Gasteiger partial charge >= 0.3 is 0 Å². The van der Waals surface area contributed by atoms with E-state index in [1.54, 1.807) is 6.92 Å². The van der Waals surface area contributed by atoms with Crippen molar-refractivity contribution in [3.63, 3.8) is 0 Å². The molecule has 1 aromatic heterocycles. The second kappa shape index (κ2) is 4.15. The Hall–Kier alpha value is -1.20. The molecule has 6 heteroatoms. The van der Waals surface area contributed by atoms with E-state index in [9.17, 15) is 4.79 Å². The minimum absolute atomic E-state index is 0.0856. The van der Waals surface area contributed by atoms with Crippen LogP contribution in [0.1, 0.15) is 6.92 Å². The Morgan fingerprint density at radius 3 is 3.00 bits per heavy atom. The van der Waals surface area contributed by atoms with E-state index in [2.05, 4.69) is 15.3 Å². The van der Waals surface area contributed by atoms with Crippen molar-refractivity contribution in [2.75, 3.05) is 5.32 Å². The van der Waals surface area contributed by atoms with Gasteiger partial charge in [0.1, 0.15) is 5.82 Å². The van der Waals surface area contributed by atoms with Crippen LogP contribution in [0.25, 0.3) is 0 Å². The second-order valence-electron chi connectivity index (χ2n) is 2.49. The maximum absolute atomic E-state index is 11.1.